The van der Waals surface area contributed by atoms with E-state index in [0.717, 1.165) is 37.4 Å². The summed E-state index contributed by atoms with van der Waals surface area (Å²) in [6, 6.07) is 0. The first-order chi connectivity index (χ1) is 11.5. The second-order valence-electron chi connectivity index (χ2n) is 10.9. The van der Waals surface area contributed by atoms with Crippen molar-refractivity contribution in [3.63, 3.8) is 0 Å². The molecular weight excluding hydrogens is 308 g/mol. The van der Waals surface area contributed by atoms with Crippen molar-refractivity contribution in [1.29, 1.82) is 0 Å². The first-order valence-electron chi connectivity index (χ1n) is 10.4. The molecule has 3 saturated carbocycles. The third-order valence-corrected chi connectivity index (χ3v) is 9.40. The number of carbonyl (C=O) groups is 1. The van der Waals surface area contributed by atoms with Gasteiger partial charge < -0.3 is 4.74 Å². The number of ketones is 1. The van der Waals surface area contributed by atoms with Crippen LogP contribution >= 0.6 is 0 Å². The summed E-state index contributed by atoms with van der Waals surface area (Å²) in [7, 11) is 0. The Balaban J connectivity index is 1.69. The fraction of sp³-hybridized carbons (Fsp3) is 0.870. The zero-order valence-corrected chi connectivity index (χ0v) is 16.9. The zero-order valence-electron chi connectivity index (χ0n) is 16.9. The molecule has 25 heavy (non-hydrogen) atoms. The molecule has 0 aromatic heterocycles. The van der Waals surface area contributed by atoms with Crippen molar-refractivity contribution in [2.45, 2.75) is 91.6 Å². The zero-order chi connectivity index (χ0) is 18.3. The summed E-state index contributed by atoms with van der Waals surface area (Å²) in [6.45, 7) is 15.9. The highest BCUT2D eigenvalue weighted by atomic mass is 16.5. The highest BCUT2D eigenvalue weighted by Crippen LogP contribution is 2.71. The van der Waals surface area contributed by atoms with Crippen LogP contribution in [0.2, 0.25) is 0 Å². The number of rotatable bonds is 1. The van der Waals surface area contributed by atoms with Crippen LogP contribution < -0.4 is 0 Å². The number of hydrogen-bond donors (Lipinski definition) is 0. The predicted molar refractivity (Wildman–Crippen MR) is 101 cm³/mol. The fourth-order valence-electron chi connectivity index (χ4n) is 8.20. The van der Waals surface area contributed by atoms with Crippen LogP contribution in [0.3, 0.4) is 0 Å². The molecule has 4 aliphatic rings. The number of ether oxygens (including phenoxy) is 1. The molecular formula is C23H36O2. The second-order valence-corrected chi connectivity index (χ2v) is 10.9. The molecule has 0 bridgehead atoms. The van der Waals surface area contributed by atoms with Gasteiger partial charge in [-0.05, 0) is 68.1 Å². The van der Waals surface area contributed by atoms with E-state index >= 15 is 0 Å². The first-order valence-corrected chi connectivity index (χ1v) is 10.4. The summed E-state index contributed by atoms with van der Waals surface area (Å²) in [5.41, 5.74) is 0.491. The van der Waals surface area contributed by atoms with Crippen LogP contribution in [0.4, 0.5) is 0 Å². The monoisotopic (exact) mass is 344 g/mol. The second kappa shape index (κ2) is 5.14. The lowest BCUT2D eigenvalue weighted by atomic mass is 9.42. The Morgan fingerprint density at radius 2 is 1.48 bits per heavy atom. The largest absolute Gasteiger partial charge is 0.492 e. The molecule has 140 valence electrons. The average Bonchev–Trinajstić information content (AvgIpc) is 3.05. The molecule has 0 spiro atoms. The van der Waals surface area contributed by atoms with Gasteiger partial charge in [-0.1, -0.05) is 34.3 Å². The van der Waals surface area contributed by atoms with Crippen molar-refractivity contribution in [3.8, 4) is 0 Å². The Bertz CT molecular complexity index is 620. The molecule has 6 atom stereocenters. The molecule has 1 aliphatic heterocycles. The number of fused-ring (bicyclic) bond motifs is 3. The third kappa shape index (κ3) is 2.18. The maximum Gasteiger partial charge on any atom is 0.138 e. The van der Waals surface area contributed by atoms with E-state index in [1.807, 2.05) is 0 Å². The van der Waals surface area contributed by atoms with Gasteiger partial charge in [-0.25, -0.2) is 0 Å². The summed E-state index contributed by atoms with van der Waals surface area (Å²) in [4.78, 5) is 12.6. The summed E-state index contributed by atoms with van der Waals surface area (Å²) < 4.78 is 6.33. The smallest absolute Gasteiger partial charge is 0.138 e. The van der Waals surface area contributed by atoms with E-state index in [4.69, 9.17) is 4.74 Å². The Labute approximate surface area is 153 Å². The topological polar surface area (TPSA) is 26.3 Å². The van der Waals surface area contributed by atoms with Crippen molar-refractivity contribution < 1.29 is 9.53 Å². The lowest BCUT2D eigenvalue weighted by Crippen LogP contribution is -2.58. The number of allylic oxidation sites excluding steroid dienone is 1. The number of carbonyl (C=O) groups excluding carboxylic acids is 1. The van der Waals surface area contributed by atoms with Gasteiger partial charge in [0.1, 0.15) is 11.4 Å². The van der Waals surface area contributed by atoms with Crippen molar-refractivity contribution in [3.05, 3.63) is 12.3 Å². The molecule has 0 aromatic rings. The molecule has 3 aliphatic carbocycles. The van der Waals surface area contributed by atoms with Crippen LogP contribution in [0.5, 0.6) is 0 Å². The van der Waals surface area contributed by atoms with Crippen LogP contribution in [0.15, 0.2) is 12.3 Å². The van der Waals surface area contributed by atoms with Crippen LogP contribution in [0.25, 0.3) is 0 Å². The van der Waals surface area contributed by atoms with Gasteiger partial charge in [0, 0.05) is 24.2 Å². The normalized spacial score (nSPS) is 51.8. The van der Waals surface area contributed by atoms with E-state index < -0.39 is 0 Å². The van der Waals surface area contributed by atoms with Gasteiger partial charge in [0.25, 0.3) is 0 Å². The van der Waals surface area contributed by atoms with E-state index in [-0.39, 0.29) is 11.0 Å². The molecule has 0 amide bonds. The Morgan fingerprint density at radius 3 is 2.12 bits per heavy atom. The van der Waals surface area contributed by atoms with E-state index in [1.54, 1.807) is 0 Å². The fourth-order valence-corrected chi connectivity index (χ4v) is 8.20. The van der Waals surface area contributed by atoms with Gasteiger partial charge in [-0.15, -0.1) is 0 Å². The van der Waals surface area contributed by atoms with E-state index in [1.165, 1.54) is 25.7 Å². The highest BCUT2D eigenvalue weighted by Gasteiger charge is 2.66. The van der Waals surface area contributed by atoms with Gasteiger partial charge in [-0.3, -0.25) is 4.79 Å². The maximum atomic E-state index is 12.6. The number of Topliss-reactive ketones (excluding diaryl/α,β-unsaturated/α-hetero) is 1. The van der Waals surface area contributed by atoms with Crippen LogP contribution in [0.1, 0.15) is 86.0 Å². The average molecular weight is 345 g/mol. The first kappa shape index (κ1) is 17.6. The van der Waals surface area contributed by atoms with Gasteiger partial charge in [0.2, 0.25) is 0 Å². The van der Waals surface area contributed by atoms with Crippen molar-refractivity contribution in [1.82, 2.24) is 0 Å². The third-order valence-electron chi connectivity index (χ3n) is 9.40. The summed E-state index contributed by atoms with van der Waals surface area (Å²) in [5, 5.41) is 0. The Kier molecular flexibility index (Phi) is 3.62. The quantitative estimate of drug-likeness (QED) is 0.591. The van der Waals surface area contributed by atoms with Crippen LogP contribution in [-0.4, -0.2) is 11.4 Å². The van der Waals surface area contributed by atoms with Crippen molar-refractivity contribution in [2.24, 2.45) is 34.0 Å². The van der Waals surface area contributed by atoms with Gasteiger partial charge >= 0.3 is 0 Å². The van der Waals surface area contributed by atoms with Crippen LogP contribution in [0, 0.1) is 34.0 Å². The highest BCUT2D eigenvalue weighted by molar-refractivity contribution is 5.85. The number of hydrogen-bond acceptors (Lipinski definition) is 2. The maximum absolute atomic E-state index is 12.6. The summed E-state index contributed by atoms with van der Waals surface area (Å²) in [5.74, 6) is 3.38. The molecule has 1 heterocycles. The minimum absolute atomic E-state index is 0.0240. The Morgan fingerprint density at radius 1 is 0.840 bits per heavy atom. The molecule has 4 fully saturated rings. The van der Waals surface area contributed by atoms with E-state index in [2.05, 4.69) is 41.2 Å². The molecule has 0 N–H and O–H groups in total. The van der Waals surface area contributed by atoms with Gasteiger partial charge in [0.15, 0.2) is 0 Å². The van der Waals surface area contributed by atoms with E-state index in [0.29, 0.717) is 28.4 Å². The molecule has 4 rings (SSSR count). The lowest BCUT2D eigenvalue weighted by Gasteiger charge is -2.62. The molecule has 2 heteroatoms. The predicted octanol–water partition coefficient (Wildman–Crippen LogP) is 5.91. The van der Waals surface area contributed by atoms with E-state index in [9.17, 15) is 4.79 Å². The molecule has 0 radical (unpaired) electrons. The van der Waals surface area contributed by atoms with Gasteiger partial charge in [0.05, 0.1) is 5.76 Å². The van der Waals surface area contributed by atoms with Crippen molar-refractivity contribution in [2.75, 3.05) is 0 Å². The Hall–Kier alpha value is -0.790. The molecule has 2 nitrogen and oxygen atoms in total. The molecule has 1 saturated heterocycles. The molecule has 1 unspecified atom stereocenters. The molecule has 0 aromatic carbocycles. The van der Waals surface area contributed by atoms with Gasteiger partial charge in [-0.2, -0.15) is 0 Å². The lowest BCUT2D eigenvalue weighted by molar-refractivity contribution is -0.165. The summed E-state index contributed by atoms with van der Waals surface area (Å²) in [6.07, 6.45) is 9.07. The van der Waals surface area contributed by atoms with Crippen LogP contribution in [-0.2, 0) is 9.53 Å². The summed E-state index contributed by atoms with van der Waals surface area (Å²) >= 11 is 0. The minimum Gasteiger partial charge on any atom is -0.492 e. The van der Waals surface area contributed by atoms with Crippen molar-refractivity contribution >= 4 is 5.78 Å². The standard InChI is InChI=1S/C23H36O2/c1-15-9-14-23(6,25-15)18-8-7-17-21(4)13-11-19(24)20(2,3)16(21)10-12-22(17,18)5/h16-18H,1,7-14H2,2-6H3/t16-,17?,18-,21-,22+,23-/m0/s1. The minimum atomic E-state index is -0.144. The SMILES string of the molecule is C=C1CC[C@@](C)([C@H]2CCC3[C@@]2(C)CC[C@H]2C(C)(C)C(=O)CC[C@]32C)O1.